The van der Waals surface area contributed by atoms with E-state index in [-0.39, 0.29) is 11.7 Å². The molecule has 6 nitrogen and oxygen atoms in total. The lowest BCUT2D eigenvalue weighted by atomic mass is 10.2. The SMILES string of the molecule is CCCn1ccnc1SCC(=O)NNC(=O)c1ccc(Cl)cc1. The van der Waals surface area contributed by atoms with Gasteiger partial charge in [-0.2, -0.15) is 0 Å². The van der Waals surface area contributed by atoms with Crippen LogP contribution in [0.1, 0.15) is 23.7 Å². The molecule has 8 heteroatoms. The van der Waals surface area contributed by atoms with E-state index < -0.39 is 5.91 Å². The van der Waals surface area contributed by atoms with Crippen molar-refractivity contribution in [3.63, 3.8) is 0 Å². The Hall–Kier alpha value is -1.99. The Morgan fingerprint density at radius 1 is 1.26 bits per heavy atom. The highest BCUT2D eigenvalue weighted by Gasteiger charge is 2.09. The molecule has 0 bridgehead atoms. The number of hydrogen-bond donors (Lipinski definition) is 2. The molecule has 0 unspecified atom stereocenters. The third-order valence-corrected chi connectivity index (χ3v) is 4.15. The molecule has 1 aromatic carbocycles. The van der Waals surface area contributed by atoms with Crippen molar-refractivity contribution in [3.05, 3.63) is 47.2 Å². The van der Waals surface area contributed by atoms with E-state index in [9.17, 15) is 9.59 Å². The largest absolute Gasteiger partial charge is 0.326 e. The first kappa shape index (κ1) is 17.4. The van der Waals surface area contributed by atoms with Crippen LogP contribution in [0.5, 0.6) is 0 Å². The summed E-state index contributed by atoms with van der Waals surface area (Å²) in [5, 5.41) is 1.33. The van der Waals surface area contributed by atoms with Crippen LogP contribution in [-0.4, -0.2) is 27.1 Å². The molecule has 2 N–H and O–H groups in total. The molecule has 2 rings (SSSR count). The van der Waals surface area contributed by atoms with Gasteiger partial charge in [-0.1, -0.05) is 30.3 Å². The first-order chi connectivity index (χ1) is 11.1. The van der Waals surface area contributed by atoms with Crippen molar-refractivity contribution >= 4 is 35.2 Å². The molecule has 0 spiro atoms. The maximum atomic E-state index is 11.8. The van der Waals surface area contributed by atoms with Crippen molar-refractivity contribution in [1.29, 1.82) is 0 Å². The van der Waals surface area contributed by atoms with E-state index >= 15 is 0 Å². The second-order valence-corrected chi connectivity index (χ2v) is 6.08. The summed E-state index contributed by atoms with van der Waals surface area (Å²) >= 11 is 7.08. The number of aryl methyl sites for hydroxylation is 1. The summed E-state index contributed by atoms with van der Waals surface area (Å²) in [6.07, 6.45) is 4.58. The molecular formula is C15H17ClN4O2S. The molecule has 0 aliphatic heterocycles. The predicted molar refractivity (Wildman–Crippen MR) is 90.3 cm³/mol. The molecule has 23 heavy (non-hydrogen) atoms. The minimum Gasteiger partial charge on any atom is -0.326 e. The number of hydrazine groups is 1. The van der Waals surface area contributed by atoms with E-state index in [2.05, 4.69) is 22.8 Å². The van der Waals surface area contributed by atoms with Gasteiger partial charge in [0.05, 0.1) is 5.75 Å². The van der Waals surface area contributed by atoms with Gasteiger partial charge in [-0.05, 0) is 30.7 Å². The van der Waals surface area contributed by atoms with Gasteiger partial charge in [-0.3, -0.25) is 20.4 Å². The quantitative estimate of drug-likeness (QED) is 0.618. The normalized spacial score (nSPS) is 10.3. The molecule has 122 valence electrons. The van der Waals surface area contributed by atoms with Crippen LogP contribution in [0.2, 0.25) is 5.02 Å². The van der Waals surface area contributed by atoms with Crippen LogP contribution < -0.4 is 10.9 Å². The molecule has 0 radical (unpaired) electrons. The van der Waals surface area contributed by atoms with Gasteiger partial charge in [0.15, 0.2) is 5.16 Å². The summed E-state index contributed by atoms with van der Waals surface area (Å²) < 4.78 is 1.99. The molecule has 0 saturated heterocycles. The van der Waals surface area contributed by atoms with Gasteiger partial charge in [0.1, 0.15) is 0 Å². The molecule has 1 aromatic heterocycles. The van der Waals surface area contributed by atoms with Gasteiger partial charge in [0.2, 0.25) is 5.91 Å². The standard InChI is InChI=1S/C15H17ClN4O2S/c1-2-8-20-9-7-17-15(20)23-10-13(21)18-19-14(22)11-3-5-12(16)6-4-11/h3-7,9H,2,8,10H2,1H3,(H,18,21)(H,19,22). The average Bonchev–Trinajstić information content (AvgIpc) is 2.99. The number of aromatic nitrogens is 2. The van der Waals surface area contributed by atoms with Gasteiger partial charge < -0.3 is 4.57 Å². The van der Waals surface area contributed by atoms with Gasteiger partial charge in [0.25, 0.3) is 5.91 Å². The van der Waals surface area contributed by atoms with Crippen LogP contribution >= 0.6 is 23.4 Å². The van der Waals surface area contributed by atoms with E-state index in [1.54, 1.807) is 30.5 Å². The minimum atomic E-state index is -0.396. The van der Waals surface area contributed by atoms with Gasteiger partial charge in [-0.15, -0.1) is 0 Å². The molecule has 2 amide bonds. The highest BCUT2D eigenvalue weighted by molar-refractivity contribution is 7.99. The number of rotatable bonds is 6. The maximum Gasteiger partial charge on any atom is 0.269 e. The van der Waals surface area contributed by atoms with Crippen LogP contribution in [0, 0.1) is 0 Å². The van der Waals surface area contributed by atoms with Crippen LogP contribution in [0.4, 0.5) is 0 Å². The van der Waals surface area contributed by atoms with Crippen molar-refractivity contribution in [1.82, 2.24) is 20.4 Å². The second kappa shape index (κ2) is 8.59. The molecular weight excluding hydrogens is 336 g/mol. The third kappa shape index (κ3) is 5.30. The average molecular weight is 353 g/mol. The smallest absolute Gasteiger partial charge is 0.269 e. The summed E-state index contributed by atoms with van der Waals surface area (Å²) in [6.45, 7) is 2.94. The lowest BCUT2D eigenvalue weighted by molar-refractivity contribution is -0.119. The van der Waals surface area contributed by atoms with Gasteiger partial charge in [-0.25, -0.2) is 4.98 Å². The number of nitrogens with zero attached hydrogens (tertiary/aromatic N) is 2. The van der Waals surface area contributed by atoms with Crippen LogP contribution in [0.25, 0.3) is 0 Å². The first-order valence-electron chi connectivity index (χ1n) is 7.09. The maximum absolute atomic E-state index is 11.8. The molecule has 0 aliphatic carbocycles. The van der Waals surface area contributed by atoms with Crippen LogP contribution in [-0.2, 0) is 11.3 Å². The first-order valence-corrected chi connectivity index (χ1v) is 8.45. The fourth-order valence-corrected chi connectivity index (χ4v) is 2.72. The summed E-state index contributed by atoms with van der Waals surface area (Å²) in [6, 6.07) is 6.39. The van der Waals surface area contributed by atoms with Gasteiger partial charge in [0, 0.05) is 29.5 Å². The Bertz CT molecular complexity index is 672. The van der Waals surface area contributed by atoms with Crippen molar-refractivity contribution in [2.45, 2.75) is 25.0 Å². The topological polar surface area (TPSA) is 76.0 Å². The molecule has 0 saturated carbocycles. The predicted octanol–water partition coefficient (Wildman–Crippen LogP) is 2.50. The summed E-state index contributed by atoms with van der Waals surface area (Å²) in [7, 11) is 0. The summed E-state index contributed by atoms with van der Waals surface area (Å²) in [5.74, 6) is -0.530. The number of halogens is 1. The van der Waals surface area contributed by atoms with Crippen molar-refractivity contribution in [2.75, 3.05) is 5.75 Å². The zero-order valence-corrected chi connectivity index (χ0v) is 14.2. The number of benzene rings is 1. The number of amides is 2. The van der Waals surface area contributed by atoms with E-state index in [0.717, 1.165) is 18.1 Å². The summed E-state index contributed by atoms with van der Waals surface area (Å²) in [4.78, 5) is 27.8. The number of hydrogen-bond acceptors (Lipinski definition) is 4. The van der Waals surface area contributed by atoms with E-state index in [1.165, 1.54) is 11.8 Å². The number of thioether (sulfide) groups is 1. The molecule has 2 aromatic rings. The Balaban J connectivity index is 1.77. The van der Waals surface area contributed by atoms with E-state index in [4.69, 9.17) is 11.6 Å². The molecule has 1 heterocycles. The Morgan fingerprint density at radius 3 is 2.70 bits per heavy atom. The highest BCUT2D eigenvalue weighted by atomic mass is 35.5. The van der Waals surface area contributed by atoms with Crippen molar-refractivity contribution < 1.29 is 9.59 Å². The Kier molecular flexibility index (Phi) is 6.49. The Labute approximate surface area is 143 Å². The minimum absolute atomic E-state index is 0.168. The third-order valence-electron chi connectivity index (χ3n) is 2.90. The van der Waals surface area contributed by atoms with Gasteiger partial charge >= 0.3 is 0 Å². The second-order valence-electron chi connectivity index (χ2n) is 4.70. The lowest BCUT2D eigenvalue weighted by Gasteiger charge is -2.08. The number of carbonyl (C=O) groups excluding carboxylic acids is 2. The molecule has 0 aliphatic rings. The molecule has 0 atom stereocenters. The fourth-order valence-electron chi connectivity index (χ4n) is 1.81. The van der Waals surface area contributed by atoms with E-state index in [1.807, 2.05) is 10.8 Å². The zero-order chi connectivity index (χ0) is 16.7. The number of imidazole rings is 1. The number of nitrogens with one attached hydrogen (secondary N) is 2. The van der Waals surface area contributed by atoms with Crippen molar-refractivity contribution in [3.8, 4) is 0 Å². The van der Waals surface area contributed by atoms with Crippen LogP contribution in [0.3, 0.4) is 0 Å². The number of carbonyl (C=O) groups is 2. The fraction of sp³-hybridized carbons (Fsp3) is 0.267. The molecule has 0 fully saturated rings. The zero-order valence-electron chi connectivity index (χ0n) is 12.6. The summed E-state index contributed by atoms with van der Waals surface area (Å²) in [5.41, 5.74) is 5.16. The Morgan fingerprint density at radius 2 is 2.00 bits per heavy atom. The lowest BCUT2D eigenvalue weighted by Crippen LogP contribution is -2.42. The van der Waals surface area contributed by atoms with Crippen LogP contribution in [0.15, 0.2) is 41.8 Å². The highest BCUT2D eigenvalue weighted by Crippen LogP contribution is 2.15. The monoisotopic (exact) mass is 352 g/mol. The van der Waals surface area contributed by atoms with Crippen molar-refractivity contribution in [2.24, 2.45) is 0 Å². The van der Waals surface area contributed by atoms with E-state index in [0.29, 0.717) is 10.6 Å².